The predicted octanol–water partition coefficient (Wildman–Crippen LogP) is 3.34. The minimum Gasteiger partial charge on any atom is -0.340 e. The Hall–Kier alpha value is -2.25. The van der Waals surface area contributed by atoms with Crippen LogP contribution in [0.15, 0.2) is 29.1 Å². The lowest BCUT2D eigenvalue weighted by Crippen LogP contribution is -2.47. The molecule has 1 saturated heterocycles. The van der Waals surface area contributed by atoms with Crippen molar-refractivity contribution in [3.8, 4) is 0 Å². The number of nitrogens with zero attached hydrogens (tertiary/aromatic N) is 4. The van der Waals surface area contributed by atoms with Gasteiger partial charge in [0.05, 0.1) is 5.39 Å². The van der Waals surface area contributed by atoms with E-state index in [2.05, 4.69) is 9.80 Å². The first-order valence-corrected chi connectivity index (χ1v) is 11.2. The zero-order valence-electron chi connectivity index (χ0n) is 16.7. The van der Waals surface area contributed by atoms with Gasteiger partial charge in [0, 0.05) is 50.2 Å². The molecule has 0 spiro atoms. The summed E-state index contributed by atoms with van der Waals surface area (Å²) >= 11 is 1.70. The molecule has 7 heteroatoms. The Bertz CT molecular complexity index is 1110. The summed E-state index contributed by atoms with van der Waals surface area (Å²) < 4.78 is 15.7. The molecule has 0 unspecified atom stereocenters. The van der Waals surface area contributed by atoms with Gasteiger partial charge in [0.1, 0.15) is 10.6 Å². The molecule has 2 aliphatic rings. The summed E-state index contributed by atoms with van der Waals surface area (Å²) in [6.45, 7) is 3.83. The van der Waals surface area contributed by atoms with Gasteiger partial charge in [-0.2, -0.15) is 0 Å². The lowest BCUT2D eigenvalue weighted by molar-refractivity contribution is 0.245. The Kier molecular flexibility index (Phi) is 4.87. The van der Waals surface area contributed by atoms with Gasteiger partial charge in [-0.15, -0.1) is 11.3 Å². The van der Waals surface area contributed by atoms with Crippen LogP contribution in [0.1, 0.15) is 28.8 Å². The fraction of sp³-hybridized carbons (Fsp3) is 0.455. The molecule has 1 aliphatic heterocycles. The Morgan fingerprint density at radius 1 is 1.10 bits per heavy atom. The summed E-state index contributed by atoms with van der Waals surface area (Å²) in [6.07, 6.45) is 4.44. The van der Waals surface area contributed by atoms with E-state index in [4.69, 9.17) is 4.98 Å². The van der Waals surface area contributed by atoms with Gasteiger partial charge >= 0.3 is 0 Å². The van der Waals surface area contributed by atoms with Crippen molar-refractivity contribution in [3.05, 3.63) is 56.4 Å². The first kappa shape index (κ1) is 18.8. The molecule has 0 amide bonds. The Morgan fingerprint density at radius 2 is 1.86 bits per heavy atom. The van der Waals surface area contributed by atoms with Crippen LogP contribution in [0.3, 0.4) is 0 Å². The zero-order chi connectivity index (χ0) is 20.0. The number of hydrogen-bond donors (Lipinski definition) is 0. The van der Waals surface area contributed by atoms with Crippen molar-refractivity contribution in [1.82, 2.24) is 14.5 Å². The smallest absolute Gasteiger partial charge is 0.263 e. The van der Waals surface area contributed by atoms with Crippen LogP contribution in [0.25, 0.3) is 10.2 Å². The number of aryl methyl sites for hydroxylation is 2. The van der Waals surface area contributed by atoms with Crippen LogP contribution in [-0.4, -0.2) is 40.6 Å². The molecule has 1 aliphatic carbocycles. The van der Waals surface area contributed by atoms with Crippen LogP contribution >= 0.6 is 11.3 Å². The van der Waals surface area contributed by atoms with Crippen molar-refractivity contribution in [3.63, 3.8) is 0 Å². The third kappa shape index (κ3) is 3.36. The molecule has 152 valence electrons. The third-order valence-corrected chi connectivity index (χ3v) is 7.37. The maximum Gasteiger partial charge on any atom is 0.263 e. The second-order valence-corrected chi connectivity index (χ2v) is 9.11. The fourth-order valence-electron chi connectivity index (χ4n) is 4.53. The van der Waals surface area contributed by atoms with Gasteiger partial charge in [0.15, 0.2) is 0 Å². The lowest BCUT2D eigenvalue weighted by atomic mass is 9.97. The van der Waals surface area contributed by atoms with Gasteiger partial charge in [0.2, 0.25) is 5.95 Å². The molecule has 1 aromatic carbocycles. The highest BCUT2D eigenvalue weighted by molar-refractivity contribution is 7.18. The van der Waals surface area contributed by atoms with Crippen molar-refractivity contribution in [2.45, 2.75) is 32.2 Å². The third-order valence-electron chi connectivity index (χ3n) is 6.18. The number of halogens is 1. The van der Waals surface area contributed by atoms with Crippen LogP contribution in [-0.2, 0) is 26.4 Å². The highest BCUT2D eigenvalue weighted by atomic mass is 32.1. The van der Waals surface area contributed by atoms with Crippen molar-refractivity contribution in [2.75, 3.05) is 31.1 Å². The minimum absolute atomic E-state index is 0.0817. The van der Waals surface area contributed by atoms with Crippen LogP contribution in [0, 0.1) is 5.82 Å². The van der Waals surface area contributed by atoms with Gasteiger partial charge in [0.25, 0.3) is 5.56 Å². The normalized spacial score (nSPS) is 17.7. The summed E-state index contributed by atoms with van der Waals surface area (Å²) in [7, 11) is 1.84. The molecule has 1 fully saturated rings. The summed E-state index contributed by atoms with van der Waals surface area (Å²) in [5.74, 6) is 0.609. The summed E-state index contributed by atoms with van der Waals surface area (Å²) in [5.41, 5.74) is 2.06. The first-order valence-electron chi connectivity index (χ1n) is 10.3. The van der Waals surface area contributed by atoms with Crippen LogP contribution < -0.4 is 10.5 Å². The van der Waals surface area contributed by atoms with Crippen LogP contribution in [0.2, 0.25) is 0 Å². The van der Waals surface area contributed by atoms with E-state index in [0.717, 1.165) is 67.2 Å². The minimum atomic E-state index is -0.147. The maximum atomic E-state index is 13.9. The number of rotatable bonds is 3. The first-order chi connectivity index (χ1) is 14.1. The number of aromatic nitrogens is 2. The van der Waals surface area contributed by atoms with Crippen molar-refractivity contribution in [1.29, 1.82) is 0 Å². The number of benzene rings is 1. The molecule has 5 nitrogen and oxygen atoms in total. The Balaban J connectivity index is 1.37. The maximum absolute atomic E-state index is 13.9. The summed E-state index contributed by atoms with van der Waals surface area (Å²) in [5, 5.41) is 0.842. The highest BCUT2D eigenvalue weighted by Crippen LogP contribution is 2.34. The Morgan fingerprint density at radius 3 is 2.66 bits per heavy atom. The predicted molar refractivity (Wildman–Crippen MR) is 115 cm³/mol. The molecule has 0 N–H and O–H groups in total. The van der Waals surface area contributed by atoms with E-state index in [1.807, 2.05) is 19.2 Å². The van der Waals surface area contributed by atoms with Gasteiger partial charge in [-0.25, -0.2) is 9.37 Å². The number of fused-ring (bicyclic) bond motifs is 3. The molecule has 2 aromatic heterocycles. The standard InChI is InChI=1S/C22H25FN4OS/c1-25-21(28)19-16-7-3-5-9-18(16)29-20(19)24-22(25)27-12-10-26(11-13-27)14-15-6-2-4-8-17(15)23/h2,4,6,8H,3,5,7,9-14H2,1H3. The van der Waals surface area contributed by atoms with Crippen molar-refractivity contribution < 1.29 is 4.39 Å². The lowest BCUT2D eigenvalue weighted by Gasteiger charge is -2.35. The van der Waals surface area contributed by atoms with E-state index in [0.29, 0.717) is 6.54 Å². The monoisotopic (exact) mass is 412 g/mol. The highest BCUT2D eigenvalue weighted by Gasteiger charge is 2.25. The molecule has 0 radical (unpaired) electrons. The molecule has 29 heavy (non-hydrogen) atoms. The van der Waals surface area contributed by atoms with Gasteiger partial charge in [-0.1, -0.05) is 18.2 Å². The molecule has 5 rings (SSSR count). The van der Waals surface area contributed by atoms with E-state index < -0.39 is 0 Å². The largest absolute Gasteiger partial charge is 0.340 e. The molecule has 3 heterocycles. The SMILES string of the molecule is Cn1c(N2CCN(Cc3ccccc3F)CC2)nc2sc3c(c2c1=O)CCCC3. The number of thiophene rings is 1. The van der Waals surface area contributed by atoms with E-state index in [9.17, 15) is 9.18 Å². The van der Waals surface area contributed by atoms with Crippen molar-refractivity contribution in [2.24, 2.45) is 7.05 Å². The molecular weight excluding hydrogens is 387 g/mol. The summed E-state index contributed by atoms with van der Waals surface area (Å²) in [6, 6.07) is 6.96. The zero-order valence-corrected chi connectivity index (χ0v) is 17.5. The van der Waals surface area contributed by atoms with E-state index in [1.165, 1.54) is 22.9 Å². The molecule has 0 bridgehead atoms. The number of hydrogen-bond acceptors (Lipinski definition) is 5. The molecule has 0 atom stereocenters. The average Bonchev–Trinajstić information content (AvgIpc) is 3.11. The molecule has 3 aromatic rings. The topological polar surface area (TPSA) is 41.4 Å². The van der Waals surface area contributed by atoms with Gasteiger partial charge in [-0.3, -0.25) is 14.3 Å². The average molecular weight is 413 g/mol. The van der Waals surface area contributed by atoms with E-state index in [1.54, 1.807) is 22.0 Å². The van der Waals surface area contributed by atoms with Gasteiger partial charge < -0.3 is 4.90 Å². The number of piperazine rings is 1. The second-order valence-electron chi connectivity index (χ2n) is 8.02. The fourth-order valence-corrected chi connectivity index (χ4v) is 5.78. The number of anilines is 1. The van der Waals surface area contributed by atoms with Gasteiger partial charge in [-0.05, 0) is 37.3 Å². The summed E-state index contributed by atoms with van der Waals surface area (Å²) in [4.78, 5) is 24.7. The molecular formula is C22H25FN4OS. The second kappa shape index (κ2) is 7.54. The van der Waals surface area contributed by atoms with Crippen molar-refractivity contribution >= 4 is 27.5 Å². The van der Waals surface area contributed by atoms with E-state index in [-0.39, 0.29) is 11.4 Å². The molecule has 0 saturated carbocycles. The van der Waals surface area contributed by atoms with Crippen LogP contribution in [0.4, 0.5) is 10.3 Å². The quantitative estimate of drug-likeness (QED) is 0.662. The Labute approximate surface area is 173 Å². The van der Waals surface area contributed by atoms with Crippen LogP contribution in [0.5, 0.6) is 0 Å². The van der Waals surface area contributed by atoms with E-state index >= 15 is 0 Å².